The molecule has 3 rings (SSSR count). The summed E-state index contributed by atoms with van der Waals surface area (Å²) in [5, 5.41) is 0. The highest BCUT2D eigenvalue weighted by Gasteiger charge is 2.15. The Hall–Kier alpha value is -2.74. The first-order chi connectivity index (χ1) is 10.7. The minimum atomic E-state index is 0.295. The maximum atomic E-state index is 5.82. The molecule has 0 unspecified atom stereocenters. The summed E-state index contributed by atoms with van der Waals surface area (Å²) in [6, 6.07) is 26.8. The fourth-order valence-electron chi connectivity index (χ4n) is 2.73. The van der Waals surface area contributed by atoms with Gasteiger partial charge in [-0.25, -0.2) is 0 Å². The second-order valence-corrected chi connectivity index (χ2v) is 5.58. The number of hydrogen-bond donors (Lipinski definition) is 2. The van der Waals surface area contributed by atoms with E-state index in [1.165, 1.54) is 16.7 Å². The first-order valence-electron chi connectivity index (χ1n) is 7.47. The zero-order valence-corrected chi connectivity index (χ0v) is 12.4. The van der Waals surface area contributed by atoms with Crippen LogP contribution < -0.4 is 11.5 Å². The van der Waals surface area contributed by atoms with Gasteiger partial charge in [0.05, 0.1) is 0 Å². The standard InChI is InChI=1S/C20H20N2/c21-18-10-6-16(7-11-18)20(14-15-4-2-1-3-5-15)17-8-12-19(22)13-9-17/h1-13,20H,14,21-22H2. The topological polar surface area (TPSA) is 52.0 Å². The maximum absolute atomic E-state index is 5.82. The van der Waals surface area contributed by atoms with Gasteiger partial charge in [0.2, 0.25) is 0 Å². The predicted molar refractivity (Wildman–Crippen MR) is 93.7 cm³/mol. The van der Waals surface area contributed by atoms with Crippen molar-refractivity contribution < 1.29 is 0 Å². The number of nitrogen functional groups attached to an aromatic ring is 2. The third-order valence-corrected chi connectivity index (χ3v) is 3.96. The molecule has 0 aromatic heterocycles. The van der Waals surface area contributed by atoms with Crippen LogP contribution in [0.2, 0.25) is 0 Å². The molecule has 0 radical (unpaired) electrons. The lowest BCUT2D eigenvalue weighted by atomic mass is 9.86. The van der Waals surface area contributed by atoms with Crippen LogP contribution in [-0.4, -0.2) is 0 Å². The molecule has 2 nitrogen and oxygen atoms in total. The lowest BCUT2D eigenvalue weighted by molar-refractivity contribution is 0.805. The highest BCUT2D eigenvalue weighted by atomic mass is 14.5. The highest BCUT2D eigenvalue weighted by Crippen LogP contribution is 2.29. The van der Waals surface area contributed by atoms with Gasteiger partial charge in [-0.15, -0.1) is 0 Å². The molecule has 0 spiro atoms. The number of nitrogens with two attached hydrogens (primary N) is 2. The van der Waals surface area contributed by atoms with Crippen LogP contribution in [0.4, 0.5) is 11.4 Å². The molecular weight excluding hydrogens is 268 g/mol. The molecule has 0 bridgehead atoms. The van der Waals surface area contributed by atoms with Crippen LogP contribution in [0.15, 0.2) is 78.9 Å². The Balaban J connectivity index is 1.97. The fourth-order valence-corrected chi connectivity index (χ4v) is 2.73. The molecule has 0 saturated carbocycles. The highest BCUT2D eigenvalue weighted by molar-refractivity contribution is 5.46. The van der Waals surface area contributed by atoms with E-state index in [4.69, 9.17) is 11.5 Å². The lowest BCUT2D eigenvalue weighted by Gasteiger charge is -2.19. The molecule has 0 atom stereocenters. The van der Waals surface area contributed by atoms with Gasteiger partial charge in [-0.05, 0) is 47.4 Å². The van der Waals surface area contributed by atoms with Gasteiger partial charge in [0.15, 0.2) is 0 Å². The van der Waals surface area contributed by atoms with Crippen molar-refractivity contribution in [2.24, 2.45) is 0 Å². The number of benzene rings is 3. The van der Waals surface area contributed by atoms with Crippen molar-refractivity contribution in [3.8, 4) is 0 Å². The third-order valence-electron chi connectivity index (χ3n) is 3.96. The molecule has 4 N–H and O–H groups in total. The van der Waals surface area contributed by atoms with Crippen LogP contribution in [0.1, 0.15) is 22.6 Å². The first kappa shape index (κ1) is 14.2. The van der Waals surface area contributed by atoms with Crippen LogP contribution in [-0.2, 0) is 6.42 Å². The quantitative estimate of drug-likeness (QED) is 0.706. The second kappa shape index (κ2) is 6.35. The van der Waals surface area contributed by atoms with Crippen LogP contribution in [0.3, 0.4) is 0 Å². The van der Waals surface area contributed by atoms with E-state index < -0.39 is 0 Å². The zero-order valence-electron chi connectivity index (χ0n) is 12.4. The minimum absolute atomic E-state index is 0.295. The van der Waals surface area contributed by atoms with Gasteiger partial charge in [-0.1, -0.05) is 54.6 Å². The Morgan fingerprint density at radius 2 is 1.05 bits per heavy atom. The molecule has 0 fully saturated rings. The van der Waals surface area contributed by atoms with Crippen molar-refractivity contribution in [2.75, 3.05) is 11.5 Å². The van der Waals surface area contributed by atoms with Crippen molar-refractivity contribution >= 4 is 11.4 Å². The molecule has 0 heterocycles. The Morgan fingerprint density at radius 3 is 1.50 bits per heavy atom. The fraction of sp³-hybridized carbons (Fsp3) is 0.100. The summed E-state index contributed by atoms with van der Waals surface area (Å²) in [4.78, 5) is 0. The lowest BCUT2D eigenvalue weighted by Crippen LogP contribution is -2.05. The van der Waals surface area contributed by atoms with Crippen molar-refractivity contribution in [1.29, 1.82) is 0 Å². The Bertz CT molecular complexity index is 670. The van der Waals surface area contributed by atoms with E-state index in [1.807, 2.05) is 30.3 Å². The van der Waals surface area contributed by atoms with E-state index in [2.05, 4.69) is 48.5 Å². The van der Waals surface area contributed by atoms with Crippen LogP contribution in [0.25, 0.3) is 0 Å². The summed E-state index contributed by atoms with van der Waals surface area (Å²) in [7, 11) is 0. The van der Waals surface area contributed by atoms with Crippen molar-refractivity contribution in [1.82, 2.24) is 0 Å². The summed E-state index contributed by atoms with van der Waals surface area (Å²) in [5.41, 5.74) is 17.1. The van der Waals surface area contributed by atoms with Crippen molar-refractivity contribution in [2.45, 2.75) is 12.3 Å². The van der Waals surface area contributed by atoms with Gasteiger partial charge in [-0.2, -0.15) is 0 Å². The van der Waals surface area contributed by atoms with Crippen LogP contribution in [0.5, 0.6) is 0 Å². The Labute approximate surface area is 131 Å². The molecule has 0 saturated heterocycles. The molecule has 0 aliphatic carbocycles. The van der Waals surface area contributed by atoms with Gasteiger partial charge < -0.3 is 11.5 Å². The maximum Gasteiger partial charge on any atom is 0.0314 e. The molecule has 22 heavy (non-hydrogen) atoms. The largest absolute Gasteiger partial charge is 0.399 e. The minimum Gasteiger partial charge on any atom is -0.399 e. The molecule has 110 valence electrons. The average molecular weight is 288 g/mol. The summed E-state index contributed by atoms with van der Waals surface area (Å²) >= 11 is 0. The van der Waals surface area contributed by atoms with Crippen LogP contribution in [0, 0.1) is 0 Å². The van der Waals surface area contributed by atoms with E-state index in [-0.39, 0.29) is 0 Å². The van der Waals surface area contributed by atoms with Crippen molar-refractivity contribution in [3.05, 3.63) is 95.6 Å². The summed E-state index contributed by atoms with van der Waals surface area (Å²) in [5.74, 6) is 0.295. The molecular formula is C20H20N2. The predicted octanol–water partition coefficient (Wildman–Crippen LogP) is 4.23. The van der Waals surface area contributed by atoms with E-state index in [0.717, 1.165) is 17.8 Å². The van der Waals surface area contributed by atoms with Gasteiger partial charge in [0.25, 0.3) is 0 Å². The normalized spacial score (nSPS) is 10.8. The Kier molecular flexibility index (Phi) is 4.10. The number of anilines is 2. The molecule has 0 aliphatic rings. The first-order valence-corrected chi connectivity index (χ1v) is 7.47. The van der Waals surface area contributed by atoms with E-state index in [0.29, 0.717) is 5.92 Å². The summed E-state index contributed by atoms with van der Waals surface area (Å²) < 4.78 is 0. The van der Waals surface area contributed by atoms with Gasteiger partial charge >= 0.3 is 0 Å². The van der Waals surface area contributed by atoms with Gasteiger partial charge in [0.1, 0.15) is 0 Å². The molecule has 0 aliphatic heterocycles. The monoisotopic (exact) mass is 288 g/mol. The summed E-state index contributed by atoms with van der Waals surface area (Å²) in [6.07, 6.45) is 0.953. The molecule has 3 aromatic rings. The molecule has 2 heteroatoms. The van der Waals surface area contributed by atoms with E-state index >= 15 is 0 Å². The zero-order chi connectivity index (χ0) is 15.4. The van der Waals surface area contributed by atoms with Crippen LogP contribution >= 0.6 is 0 Å². The summed E-state index contributed by atoms with van der Waals surface area (Å²) in [6.45, 7) is 0. The van der Waals surface area contributed by atoms with Gasteiger partial charge in [-0.3, -0.25) is 0 Å². The van der Waals surface area contributed by atoms with E-state index in [9.17, 15) is 0 Å². The number of hydrogen-bond acceptors (Lipinski definition) is 2. The molecule has 3 aromatic carbocycles. The average Bonchev–Trinajstić information content (AvgIpc) is 2.56. The Morgan fingerprint density at radius 1 is 0.591 bits per heavy atom. The van der Waals surface area contributed by atoms with Gasteiger partial charge in [0, 0.05) is 17.3 Å². The van der Waals surface area contributed by atoms with E-state index in [1.54, 1.807) is 0 Å². The number of rotatable bonds is 4. The third kappa shape index (κ3) is 3.29. The SMILES string of the molecule is Nc1ccc(C(Cc2ccccc2)c2ccc(N)cc2)cc1. The van der Waals surface area contributed by atoms with Crippen molar-refractivity contribution in [3.63, 3.8) is 0 Å². The smallest absolute Gasteiger partial charge is 0.0314 e. The second-order valence-electron chi connectivity index (χ2n) is 5.58. The molecule has 0 amide bonds.